The van der Waals surface area contributed by atoms with E-state index in [1.807, 2.05) is 12.1 Å². The van der Waals surface area contributed by atoms with Gasteiger partial charge in [-0.2, -0.15) is 0 Å². The maximum atomic E-state index is 9.60. The number of phenolic OH excluding ortho intramolecular Hbond substituents is 1. The molecule has 1 aromatic rings. The number of likely N-dealkylation sites (N-methyl/N-ethyl adjacent to an activating group) is 1. The molecular weight excluding hydrogens is 214 g/mol. The summed E-state index contributed by atoms with van der Waals surface area (Å²) < 4.78 is 6.04. The number of ether oxygens (including phenoxy) is 1. The molecule has 0 amide bonds. The van der Waals surface area contributed by atoms with Crippen molar-refractivity contribution in [2.24, 2.45) is 0 Å². The SMILES string of the molecule is CCN(CC)C1Oc2ccc(O)cc2C1(C)C. The first-order valence-electron chi connectivity index (χ1n) is 6.25. The van der Waals surface area contributed by atoms with Crippen molar-refractivity contribution in [2.45, 2.75) is 39.3 Å². The molecule has 0 radical (unpaired) electrons. The second-order valence-electron chi connectivity index (χ2n) is 5.09. The Hall–Kier alpha value is -1.22. The summed E-state index contributed by atoms with van der Waals surface area (Å²) in [6.07, 6.45) is 0.0503. The minimum atomic E-state index is -0.0971. The molecule has 94 valence electrons. The first-order chi connectivity index (χ1) is 8.00. The summed E-state index contributed by atoms with van der Waals surface area (Å²) in [4.78, 5) is 2.30. The molecule has 0 saturated carbocycles. The Balaban J connectivity index is 2.39. The van der Waals surface area contributed by atoms with Gasteiger partial charge in [0.1, 0.15) is 11.5 Å². The Morgan fingerprint density at radius 2 is 1.94 bits per heavy atom. The fourth-order valence-electron chi connectivity index (χ4n) is 2.61. The maximum absolute atomic E-state index is 9.60. The lowest BCUT2D eigenvalue weighted by atomic mass is 9.83. The van der Waals surface area contributed by atoms with Gasteiger partial charge in [0.25, 0.3) is 0 Å². The van der Waals surface area contributed by atoms with Gasteiger partial charge in [-0.05, 0) is 31.3 Å². The van der Waals surface area contributed by atoms with Crippen molar-refractivity contribution in [3.63, 3.8) is 0 Å². The fourth-order valence-corrected chi connectivity index (χ4v) is 2.61. The monoisotopic (exact) mass is 235 g/mol. The molecule has 0 spiro atoms. The van der Waals surface area contributed by atoms with Crippen LogP contribution in [-0.4, -0.2) is 29.3 Å². The van der Waals surface area contributed by atoms with Crippen LogP contribution in [0.1, 0.15) is 33.3 Å². The predicted octanol–water partition coefficient (Wildman–Crippen LogP) is 2.73. The maximum Gasteiger partial charge on any atom is 0.161 e. The molecule has 0 aromatic heterocycles. The van der Waals surface area contributed by atoms with E-state index in [0.29, 0.717) is 5.75 Å². The Morgan fingerprint density at radius 1 is 1.29 bits per heavy atom. The third-order valence-corrected chi connectivity index (χ3v) is 3.66. The fraction of sp³-hybridized carbons (Fsp3) is 0.571. The van der Waals surface area contributed by atoms with E-state index in [0.717, 1.165) is 24.4 Å². The van der Waals surface area contributed by atoms with Crippen molar-refractivity contribution in [1.29, 1.82) is 0 Å². The van der Waals surface area contributed by atoms with E-state index < -0.39 is 0 Å². The van der Waals surface area contributed by atoms with Crippen LogP contribution in [0.4, 0.5) is 0 Å². The number of fused-ring (bicyclic) bond motifs is 1. The molecule has 2 rings (SSSR count). The lowest BCUT2D eigenvalue weighted by Gasteiger charge is -2.34. The van der Waals surface area contributed by atoms with Crippen molar-refractivity contribution >= 4 is 0 Å². The van der Waals surface area contributed by atoms with E-state index in [4.69, 9.17) is 4.74 Å². The number of benzene rings is 1. The average Bonchev–Trinajstić information content (AvgIpc) is 2.54. The van der Waals surface area contributed by atoms with Crippen molar-refractivity contribution in [3.8, 4) is 11.5 Å². The summed E-state index contributed by atoms with van der Waals surface area (Å²) in [6.45, 7) is 10.5. The third-order valence-electron chi connectivity index (χ3n) is 3.66. The molecule has 1 aliphatic rings. The number of phenols is 1. The Bertz CT molecular complexity index is 411. The van der Waals surface area contributed by atoms with E-state index in [9.17, 15) is 5.11 Å². The van der Waals surface area contributed by atoms with Crippen molar-refractivity contribution in [1.82, 2.24) is 4.90 Å². The van der Waals surface area contributed by atoms with Crippen LogP contribution in [0.15, 0.2) is 18.2 Å². The Morgan fingerprint density at radius 3 is 2.53 bits per heavy atom. The quantitative estimate of drug-likeness (QED) is 0.874. The van der Waals surface area contributed by atoms with Gasteiger partial charge in [-0.1, -0.05) is 27.7 Å². The number of hydrogen-bond donors (Lipinski definition) is 1. The molecule has 0 saturated heterocycles. The van der Waals surface area contributed by atoms with E-state index in [-0.39, 0.29) is 11.6 Å². The average molecular weight is 235 g/mol. The van der Waals surface area contributed by atoms with E-state index in [1.54, 1.807) is 6.07 Å². The summed E-state index contributed by atoms with van der Waals surface area (Å²) >= 11 is 0. The highest BCUT2D eigenvalue weighted by Gasteiger charge is 2.44. The van der Waals surface area contributed by atoms with Gasteiger partial charge in [-0.15, -0.1) is 0 Å². The molecule has 1 aliphatic heterocycles. The highest BCUT2D eigenvalue weighted by Crippen LogP contribution is 2.45. The molecule has 1 N–H and O–H groups in total. The van der Waals surface area contributed by atoms with Crippen LogP contribution >= 0.6 is 0 Å². The molecule has 1 aromatic carbocycles. The zero-order chi connectivity index (χ0) is 12.6. The smallest absolute Gasteiger partial charge is 0.161 e. The van der Waals surface area contributed by atoms with Crippen LogP contribution in [0.25, 0.3) is 0 Å². The van der Waals surface area contributed by atoms with Gasteiger partial charge >= 0.3 is 0 Å². The van der Waals surface area contributed by atoms with Gasteiger partial charge in [-0.25, -0.2) is 0 Å². The molecule has 1 heterocycles. The third kappa shape index (κ3) is 1.89. The molecule has 1 atom stereocenters. The van der Waals surface area contributed by atoms with Gasteiger partial charge in [0, 0.05) is 11.0 Å². The predicted molar refractivity (Wildman–Crippen MR) is 68.5 cm³/mol. The molecule has 17 heavy (non-hydrogen) atoms. The second kappa shape index (κ2) is 4.22. The largest absolute Gasteiger partial charge is 0.508 e. The summed E-state index contributed by atoms with van der Waals surface area (Å²) in [5.41, 5.74) is 0.995. The van der Waals surface area contributed by atoms with Gasteiger partial charge in [0.2, 0.25) is 0 Å². The number of aromatic hydroxyl groups is 1. The molecule has 0 bridgehead atoms. The Labute approximate surface area is 103 Å². The Kier molecular flexibility index (Phi) is 3.04. The first kappa shape index (κ1) is 12.2. The molecule has 0 aliphatic carbocycles. The van der Waals surface area contributed by atoms with E-state index >= 15 is 0 Å². The summed E-state index contributed by atoms with van der Waals surface area (Å²) in [5, 5.41) is 9.60. The van der Waals surface area contributed by atoms with Gasteiger partial charge in [0.15, 0.2) is 6.23 Å². The number of rotatable bonds is 3. The standard InChI is InChI=1S/C14H21NO2/c1-5-15(6-2)13-14(3,4)11-9-10(16)7-8-12(11)17-13/h7-9,13,16H,5-6H2,1-4H3. The second-order valence-corrected chi connectivity index (χ2v) is 5.09. The van der Waals surface area contributed by atoms with E-state index in [1.165, 1.54) is 0 Å². The van der Waals surface area contributed by atoms with Gasteiger partial charge in [0.05, 0.1) is 0 Å². The zero-order valence-corrected chi connectivity index (χ0v) is 11.0. The highest BCUT2D eigenvalue weighted by molar-refractivity contribution is 5.47. The van der Waals surface area contributed by atoms with Crippen molar-refractivity contribution in [3.05, 3.63) is 23.8 Å². The first-order valence-corrected chi connectivity index (χ1v) is 6.25. The molecule has 0 fully saturated rings. The summed E-state index contributed by atoms with van der Waals surface area (Å²) in [6, 6.07) is 5.36. The molecule has 3 nitrogen and oxygen atoms in total. The number of nitrogens with zero attached hydrogens (tertiary/aromatic N) is 1. The molecule has 3 heteroatoms. The van der Waals surface area contributed by atoms with Gasteiger partial charge in [-0.3, -0.25) is 4.90 Å². The van der Waals surface area contributed by atoms with Crippen LogP contribution in [0.2, 0.25) is 0 Å². The molecular formula is C14H21NO2. The van der Waals surface area contributed by atoms with Crippen LogP contribution in [0.5, 0.6) is 11.5 Å². The lowest BCUT2D eigenvalue weighted by Crippen LogP contribution is -2.47. The summed E-state index contributed by atoms with van der Waals surface area (Å²) in [5.74, 6) is 1.20. The van der Waals surface area contributed by atoms with Crippen LogP contribution in [0, 0.1) is 0 Å². The van der Waals surface area contributed by atoms with E-state index in [2.05, 4.69) is 32.6 Å². The zero-order valence-electron chi connectivity index (χ0n) is 11.0. The molecule has 1 unspecified atom stereocenters. The normalized spacial score (nSPS) is 21.4. The minimum Gasteiger partial charge on any atom is -0.508 e. The topological polar surface area (TPSA) is 32.7 Å². The minimum absolute atomic E-state index is 0.0503. The summed E-state index contributed by atoms with van der Waals surface area (Å²) in [7, 11) is 0. The van der Waals surface area contributed by atoms with Crippen LogP contribution < -0.4 is 4.74 Å². The van der Waals surface area contributed by atoms with Crippen molar-refractivity contribution in [2.75, 3.05) is 13.1 Å². The van der Waals surface area contributed by atoms with Gasteiger partial charge < -0.3 is 9.84 Å². The lowest BCUT2D eigenvalue weighted by molar-refractivity contribution is 0.00478. The van der Waals surface area contributed by atoms with Crippen LogP contribution in [-0.2, 0) is 5.41 Å². The van der Waals surface area contributed by atoms with Crippen molar-refractivity contribution < 1.29 is 9.84 Å². The highest BCUT2D eigenvalue weighted by atomic mass is 16.5. The van der Waals surface area contributed by atoms with Crippen LogP contribution in [0.3, 0.4) is 0 Å². The number of hydrogen-bond acceptors (Lipinski definition) is 3.